The number of ether oxygens (including phenoxy) is 1. The van der Waals surface area contributed by atoms with Crippen LogP contribution in [-0.4, -0.2) is 31.8 Å². The van der Waals surface area contributed by atoms with Crippen LogP contribution in [0.4, 0.5) is 5.69 Å². The monoisotopic (exact) mass is 370 g/mol. The molecular weight excluding hydrogens is 356 g/mol. The molecule has 0 saturated heterocycles. The molecule has 0 aliphatic rings. The highest BCUT2D eigenvalue weighted by molar-refractivity contribution is 7.89. The topological polar surface area (TPSA) is 89.8 Å². The van der Waals surface area contributed by atoms with Crippen LogP contribution in [0.25, 0.3) is 0 Å². The summed E-state index contributed by atoms with van der Waals surface area (Å²) in [7, 11) is -1.25. The third-order valence-corrected chi connectivity index (χ3v) is 5.48. The smallest absolute Gasteiger partial charge is 0.290 e. The van der Waals surface area contributed by atoms with Gasteiger partial charge in [-0.25, -0.2) is 8.42 Å². The Hall–Kier alpha value is -2.16. The van der Waals surface area contributed by atoms with E-state index < -0.39 is 25.5 Å². The molecule has 0 atom stereocenters. The Morgan fingerprint density at radius 1 is 1.25 bits per heavy atom. The Bertz CT molecular complexity index is 870. The van der Waals surface area contributed by atoms with E-state index in [1.807, 2.05) is 0 Å². The second-order valence-corrected chi connectivity index (χ2v) is 7.39. The molecule has 0 fully saturated rings. The van der Waals surface area contributed by atoms with Crippen LogP contribution >= 0.6 is 11.6 Å². The van der Waals surface area contributed by atoms with E-state index in [0.717, 1.165) is 16.4 Å². The lowest BCUT2D eigenvalue weighted by molar-refractivity contribution is -0.387. The number of benzene rings is 2. The normalized spacial score (nSPS) is 11.5. The van der Waals surface area contributed by atoms with Crippen LogP contribution in [0.15, 0.2) is 47.4 Å². The lowest BCUT2D eigenvalue weighted by Crippen LogP contribution is -2.27. The number of para-hydroxylation sites is 1. The summed E-state index contributed by atoms with van der Waals surface area (Å²) in [6, 6.07) is 10.4. The Morgan fingerprint density at radius 2 is 1.92 bits per heavy atom. The summed E-state index contributed by atoms with van der Waals surface area (Å²) in [5.41, 5.74) is 0.0806. The number of hydrogen-bond acceptors (Lipinski definition) is 5. The molecule has 2 aromatic rings. The summed E-state index contributed by atoms with van der Waals surface area (Å²) in [4.78, 5) is 9.97. The molecule has 0 bridgehead atoms. The molecule has 24 heavy (non-hydrogen) atoms. The first kappa shape index (κ1) is 18.2. The maximum atomic E-state index is 12.7. The van der Waals surface area contributed by atoms with E-state index in [2.05, 4.69) is 0 Å². The van der Waals surface area contributed by atoms with E-state index in [-0.39, 0.29) is 11.6 Å². The van der Waals surface area contributed by atoms with Crippen LogP contribution in [0.2, 0.25) is 5.02 Å². The van der Waals surface area contributed by atoms with Gasteiger partial charge in [-0.3, -0.25) is 10.1 Å². The largest absolute Gasteiger partial charge is 0.496 e. The van der Waals surface area contributed by atoms with Crippen molar-refractivity contribution in [2.75, 3.05) is 14.2 Å². The van der Waals surface area contributed by atoms with Crippen molar-refractivity contribution < 1.29 is 18.1 Å². The molecule has 0 spiro atoms. The van der Waals surface area contributed by atoms with Crippen LogP contribution < -0.4 is 4.74 Å². The van der Waals surface area contributed by atoms with Crippen LogP contribution in [0.3, 0.4) is 0 Å². The molecular formula is C15H15ClN2O5S. The lowest BCUT2D eigenvalue weighted by Gasteiger charge is -2.18. The standard InChI is InChI=1S/C15H15ClN2O5S/c1-17(10-11-5-3-4-6-14(11)23-2)24(21,22)15-8-7-12(16)9-13(15)18(19)20/h3-9H,10H2,1-2H3. The molecule has 0 aliphatic carbocycles. The van der Waals surface area contributed by atoms with Crippen molar-refractivity contribution in [1.29, 1.82) is 0 Å². The highest BCUT2D eigenvalue weighted by atomic mass is 35.5. The zero-order valence-electron chi connectivity index (χ0n) is 13.0. The van der Waals surface area contributed by atoms with Gasteiger partial charge in [0.25, 0.3) is 5.69 Å². The molecule has 128 valence electrons. The summed E-state index contributed by atoms with van der Waals surface area (Å²) in [5, 5.41) is 11.2. The number of methoxy groups -OCH3 is 1. The average molecular weight is 371 g/mol. The fourth-order valence-electron chi connectivity index (χ4n) is 2.18. The molecule has 7 nitrogen and oxygen atoms in total. The number of halogens is 1. The Morgan fingerprint density at radius 3 is 2.54 bits per heavy atom. The molecule has 9 heteroatoms. The maximum absolute atomic E-state index is 12.7. The fourth-order valence-corrected chi connectivity index (χ4v) is 3.63. The van der Waals surface area contributed by atoms with Crippen LogP contribution in [0.5, 0.6) is 5.75 Å². The lowest BCUT2D eigenvalue weighted by atomic mass is 10.2. The summed E-state index contributed by atoms with van der Waals surface area (Å²) >= 11 is 5.73. The van der Waals surface area contributed by atoms with Gasteiger partial charge < -0.3 is 4.74 Å². The van der Waals surface area contributed by atoms with Gasteiger partial charge in [-0.2, -0.15) is 4.31 Å². The van der Waals surface area contributed by atoms with Gasteiger partial charge in [0, 0.05) is 30.2 Å². The van der Waals surface area contributed by atoms with Crippen molar-refractivity contribution in [3.05, 3.63) is 63.2 Å². The van der Waals surface area contributed by atoms with E-state index >= 15 is 0 Å². The van der Waals surface area contributed by atoms with Crippen molar-refractivity contribution >= 4 is 27.3 Å². The second-order valence-electron chi connectivity index (χ2n) is 4.94. The fraction of sp³-hybridized carbons (Fsp3) is 0.200. The predicted octanol–water partition coefficient (Wildman–Crippen LogP) is 3.08. The van der Waals surface area contributed by atoms with Gasteiger partial charge in [0.1, 0.15) is 5.75 Å². The zero-order chi connectivity index (χ0) is 17.9. The Labute approximate surface area is 144 Å². The van der Waals surface area contributed by atoms with Crippen LogP contribution in [0.1, 0.15) is 5.56 Å². The van der Waals surface area contributed by atoms with Gasteiger partial charge >= 0.3 is 0 Å². The molecule has 0 amide bonds. The van der Waals surface area contributed by atoms with Gasteiger partial charge in [0.05, 0.1) is 12.0 Å². The van der Waals surface area contributed by atoms with E-state index in [1.165, 1.54) is 20.2 Å². The van der Waals surface area contributed by atoms with Crippen molar-refractivity contribution in [3.8, 4) is 5.75 Å². The quantitative estimate of drug-likeness (QED) is 0.575. The van der Waals surface area contributed by atoms with Crippen molar-refractivity contribution in [1.82, 2.24) is 4.31 Å². The average Bonchev–Trinajstić information content (AvgIpc) is 2.54. The van der Waals surface area contributed by atoms with Crippen molar-refractivity contribution in [2.45, 2.75) is 11.4 Å². The van der Waals surface area contributed by atoms with Crippen molar-refractivity contribution in [3.63, 3.8) is 0 Å². The minimum atomic E-state index is -4.08. The minimum Gasteiger partial charge on any atom is -0.496 e. The summed E-state index contributed by atoms with van der Waals surface area (Å²) in [5.74, 6) is 0.533. The van der Waals surface area contributed by atoms with E-state index in [9.17, 15) is 18.5 Å². The first-order valence-corrected chi connectivity index (χ1v) is 8.61. The van der Waals surface area contributed by atoms with Crippen molar-refractivity contribution in [2.24, 2.45) is 0 Å². The maximum Gasteiger partial charge on any atom is 0.290 e. The first-order chi connectivity index (χ1) is 11.3. The van der Waals surface area contributed by atoms with Gasteiger partial charge in [-0.15, -0.1) is 0 Å². The third kappa shape index (κ3) is 3.66. The molecule has 0 aromatic heterocycles. The molecule has 0 radical (unpaired) electrons. The number of sulfonamides is 1. The Kier molecular flexibility index (Phi) is 5.43. The highest BCUT2D eigenvalue weighted by Crippen LogP contribution is 2.30. The number of rotatable bonds is 6. The van der Waals surface area contributed by atoms with Gasteiger partial charge in [0.15, 0.2) is 4.90 Å². The number of nitrogens with zero attached hydrogens (tertiary/aromatic N) is 2. The van der Waals surface area contributed by atoms with E-state index in [1.54, 1.807) is 24.3 Å². The minimum absolute atomic E-state index is 0.00608. The van der Waals surface area contributed by atoms with Gasteiger partial charge in [-0.1, -0.05) is 29.8 Å². The molecule has 0 aliphatic heterocycles. The van der Waals surface area contributed by atoms with E-state index in [4.69, 9.17) is 16.3 Å². The molecule has 2 aromatic carbocycles. The van der Waals surface area contributed by atoms with Crippen LogP contribution in [-0.2, 0) is 16.6 Å². The first-order valence-electron chi connectivity index (χ1n) is 6.79. The number of nitro groups is 1. The molecule has 2 rings (SSSR count). The highest BCUT2D eigenvalue weighted by Gasteiger charge is 2.30. The Balaban J connectivity index is 2.42. The second kappa shape index (κ2) is 7.16. The van der Waals surface area contributed by atoms with Crippen LogP contribution in [0, 0.1) is 10.1 Å². The number of hydrogen-bond donors (Lipinski definition) is 0. The zero-order valence-corrected chi connectivity index (χ0v) is 14.5. The molecule has 0 heterocycles. The molecule has 0 saturated carbocycles. The molecule has 0 N–H and O–H groups in total. The SMILES string of the molecule is COc1ccccc1CN(C)S(=O)(=O)c1ccc(Cl)cc1[N+](=O)[O-]. The van der Waals surface area contributed by atoms with Gasteiger partial charge in [0.2, 0.25) is 10.0 Å². The predicted molar refractivity (Wildman–Crippen MR) is 89.8 cm³/mol. The molecule has 0 unspecified atom stereocenters. The summed E-state index contributed by atoms with van der Waals surface area (Å²) in [6.07, 6.45) is 0. The summed E-state index contributed by atoms with van der Waals surface area (Å²) < 4.78 is 31.6. The third-order valence-electron chi connectivity index (χ3n) is 3.39. The summed E-state index contributed by atoms with van der Waals surface area (Å²) in [6.45, 7) is 0.00608. The number of nitro benzene ring substituents is 1. The van der Waals surface area contributed by atoms with Gasteiger partial charge in [-0.05, 0) is 18.2 Å². The van der Waals surface area contributed by atoms with E-state index in [0.29, 0.717) is 11.3 Å².